The van der Waals surface area contributed by atoms with Gasteiger partial charge in [-0.1, -0.05) is 54.6 Å². The molecule has 1 heterocycles. The summed E-state index contributed by atoms with van der Waals surface area (Å²) in [4.78, 5) is 13.7. The number of hydrogen-bond acceptors (Lipinski definition) is 4. The molecule has 0 fully saturated rings. The Morgan fingerprint density at radius 2 is 1.45 bits per heavy atom. The standard InChI is InChI=1S/C26H18N4O/c1-18(21-9-3-2-4-10-21)30-26(31)25(23-12-6-8-20(14-23)16-28)24(17-29-30)22-11-5-7-19(13-22)15-27/h2-14,17-18H,1H3. The van der Waals surface area contributed by atoms with E-state index < -0.39 is 0 Å². The maximum Gasteiger partial charge on any atom is 0.275 e. The fourth-order valence-electron chi connectivity index (χ4n) is 3.61. The van der Waals surface area contributed by atoms with Crippen molar-refractivity contribution >= 4 is 0 Å². The third-order valence-electron chi connectivity index (χ3n) is 5.23. The third kappa shape index (κ3) is 3.85. The van der Waals surface area contributed by atoms with Crippen LogP contribution in [0.2, 0.25) is 0 Å². The first-order chi connectivity index (χ1) is 15.1. The lowest BCUT2D eigenvalue weighted by atomic mass is 9.95. The Morgan fingerprint density at radius 1 is 0.839 bits per heavy atom. The van der Waals surface area contributed by atoms with Crippen molar-refractivity contribution in [3.05, 3.63) is 112 Å². The normalized spacial score (nSPS) is 11.3. The SMILES string of the molecule is CC(c1ccccc1)n1ncc(-c2cccc(C#N)c2)c(-c2cccc(C#N)c2)c1=O. The molecule has 1 aromatic heterocycles. The van der Waals surface area contributed by atoms with Crippen molar-refractivity contribution in [3.8, 4) is 34.4 Å². The van der Waals surface area contributed by atoms with Crippen molar-refractivity contribution in [3.63, 3.8) is 0 Å². The molecule has 4 aromatic rings. The lowest BCUT2D eigenvalue weighted by Crippen LogP contribution is -2.28. The number of aromatic nitrogens is 2. The Morgan fingerprint density at radius 3 is 2.10 bits per heavy atom. The zero-order valence-electron chi connectivity index (χ0n) is 16.9. The zero-order chi connectivity index (χ0) is 21.8. The minimum Gasteiger partial charge on any atom is -0.267 e. The van der Waals surface area contributed by atoms with Crippen LogP contribution in [0.3, 0.4) is 0 Å². The third-order valence-corrected chi connectivity index (χ3v) is 5.23. The minimum absolute atomic E-state index is 0.258. The van der Waals surface area contributed by atoms with E-state index in [1.165, 1.54) is 4.68 Å². The van der Waals surface area contributed by atoms with E-state index in [-0.39, 0.29) is 11.6 Å². The van der Waals surface area contributed by atoms with E-state index in [1.54, 1.807) is 42.6 Å². The van der Waals surface area contributed by atoms with Crippen LogP contribution in [0, 0.1) is 22.7 Å². The largest absolute Gasteiger partial charge is 0.275 e. The molecule has 0 aliphatic rings. The smallest absolute Gasteiger partial charge is 0.267 e. The van der Waals surface area contributed by atoms with Crippen LogP contribution in [-0.2, 0) is 0 Å². The van der Waals surface area contributed by atoms with E-state index >= 15 is 0 Å². The molecule has 148 valence electrons. The van der Waals surface area contributed by atoms with Crippen molar-refractivity contribution in [1.29, 1.82) is 10.5 Å². The molecule has 0 spiro atoms. The molecule has 0 amide bonds. The first-order valence-corrected chi connectivity index (χ1v) is 9.80. The zero-order valence-corrected chi connectivity index (χ0v) is 16.9. The van der Waals surface area contributed by atoms with Crippen LogP contribution < -0.4 is 5.56 Å². The van der Waals surface area contributed by atoms with Crippen molar-refractivity contribution in [2.24, 2.45) is 0 Å². The van der Waals surface area contributed by atoms with E-state index in [1.807, 2.05) is 49.4 Å². The summed E-state index contributed by atoms with van der Waals surface area (Å²) in [5.41, 5.74) is 4.10. The maximum absolute atomic E-state index is 13.7. The lowest BCUT2D eigenvalue weighted by molar-refractivity contribution is 0.533. The molecule has 1 unspecified atom stereocenters. The summed E-state index contributed by atoms with van der Waals surface area (Å²) in [7, 11) is 0. The Kier molecular flexibility index (Phi) is 5.43. The van der Waals surface area contributed by atoms with E-state index in [0.717, 1.165) is 11.1 Å². The van der Waals surface area contributed by atoms with Gasteiger partial charge in [-0.25, -0.2) is 4.68 Å². The van der Waals surface area contributed by atoms with Gasteiger partial charge in [0.05, 0.1) is 41.1 Å². The summed E-state index contributed by atoms with van der Waals surface area (Å²) < 4.78 is 1.46. The van der Waals surface area contributed by atoms with Crippen LogP contribution in [0.25, 0.3) is 22.3 Å². The van der Waals surface area contributed by atoms with E-state index in [4.69, 9.17) is 0 Å². The lowest BCUT2D eigenvalue weighted by Gasteiger charge is -2.18. The Hall–Kier alpha value is -4.48. The average Bonchev–Trinajstić information content (AvgIpc) is 2.84. The van der Waals surface area contributed by atoms with Gasteiger partial charge in [-0.15, -0.1) is 0 Å². The van der Waals surface area contributed by atoms with E-state index in [0.29, 0.717) is 27.8 Å². The molecule has 31 heavy (non-hydrogen) atoms. The summed E-state index contributed by atoms with van der Waals surface area (Å²) in [5.74, 6) is 0. The number of nitriles is 2. The van der Waals surface area contributed by atoms with E-state index in [2.05, 4.69) is 17.2 Å². The highest BCUT2D eigenvalue weighted by atomic mass is 16.1. The van der Waals surface area contributed by atoms with E-state index in [9.17, 15) is 15.3 Å². The summed E-state index contributed by atoms with van der Waals surface area (Å²) in [6.07, 6.45) is 1.66. The van der Waals surface area contributed by atoms with Gasteiger partial charge in [0, 0.05) is 5.56 Å². The van der Waals surface area contributed by atoms with Gasteiger partial charge in [0.25, 0.3) is 5.56 Å². The fourth-order valence-corrected chi connectivity index (χ4v) is 3.61. The number of nitrogens with zero attached hydrogens (tertiary/aromatic N) is 4. The second kappa shape index (κ2) is 8.49. The van der Waals surface area contributed by atoms with Gasteiger partial charge in [0.1, 0.15) is 0 Å². The topological polar surface area (TPSA) is 82.5 Å². The Labute approximate surface area is 180 Å². The van der Waals surface area contributed by atoms with Crippen LogP contribution >= 0.6 is 0 Å². The van der Waals surface area contributed by atoms with Crippen molar-refractivity contribution < 1.29 is 0 Å². The second-order valence-electron chi connectivity index (χ2n) is 7.15. The summed E-state index contributed by atoms with van der Waals surface area (Å²) >= 11 is 0. The van der Waals surface area contributed by atoms with Gasteiger partial charge in [0.15, 0.2) is 0 Å². The first kappa shape index (κ1) is 19.8. The maximum atomic E-state index is 13.7. The van der Waals surface area contributed by atoms with Crippen LogP contribution in [0.5, 0.6) is 0 Å². The molecule has 5 nitrogen and oxygen atoms in total. The molecule has 1 atom stereocenters. The van der Waals surface area contributed by atoms with Crippen molar-refractivity contribution in [1.82, 2.24) is 9.78 Å². The molecule has 0 aliphatic carbocycles. The van der Waals surface area contributed by atoms with Gasteiger partial charge in [-0.2, -0.15) is 15.6 Å². The summed E-state index contributed by atoms with van der Waals surface area (Å²) in [5, 5.41) is 23.1. The minimum atomic E-state index is -0.272. The molecule has 0 radical (unpaired) electrons. The molecule has 3 aromatic carbocycles. The number of rotatable bonds is 4. The number of benzene rings is 3. The highest BCUT2D eigenvalue weighted by Crippen LogP contribution is 2.30. The Balaban J connectivity index is 1.98. The van der Waals surface area contributed by atoms with Crippen molar-refractivity contribution in [2.45, 2.75) is 13.0 Å². The number of hydrogen-bond donors (Lipinski definition) is 0. The van der Waals surface area contributed by atoms with Crippen molar-refractivity contribution in [2.75, 3.05) is 0 Å². The van der Waals surface area contributed by atoms with Crippen LogP contribution in [0.15, 0.2) is 89.9 Å². The highest BCUT2D eigenvalue weighted by Gasteiger charge is 2.19. The van der Waals surface area contributed by atoms with Gasteiger partial charge in [-0.3, -0.25) is 4.79 Å². The van der Waals surface area contributed by atoms with Gasteiger partial charge < -0.3 is 0 Å². The van der Waals surface area contributed by atoms with Gasteiger partial charge in [0.2, 0.25) is 0 Å². The molecule has 5 heteroatoms. The van der Waals surface area contributed by atoms with Gasteiger partial charge >= 0.3 is 0 Å². The Bertz CT molecular complexity index is 1390. The molecule has 0 bridgehead atoms. The highest BCUT2D eigenvalue weighted by molar-refractivity contribution is 5.83. The van der Waals surface area contributed by atoms with Crippen LogP contribution in [-0.4, -0.2) is 9.78 Å². The molecule has 0 aliphatic heterocycles. The predicted octanol–water partition coefficient (Wildman–Crippen LogP) is 4.93. The average molecular weight is 402 g/mol. The van der Waals surface area contributed by atoms with Gasteiger partial charge in [-0.05, 0) is 47.9 Å². The van der Waals surface area contributed by atoms with Crippen LogP contribution in [0.4, 0.5) is 0 Å². The molecule has 0 saturated heterocycles. The molecule has 4 rings (SSSR count). The fraction of sp³-hybridized carbons (Fsp3) is 0.0769. The summed E-state index contributed by atoms with van der Waals surface area (Å²) in [6, 6.07) is 27.7. The molecule has 0 saturated carbocycles. The second-order valence-corrected chi connectivity index (χ2v) is 7.15. The predicted molar refractivity (Wildman–Crippen MR) is 119 cm³/mol. The quantitative estimate of drug-likeness (QED) is 0.485. The molecular weight excluding hydrogens is 384 g/mol. The monoisotopic (exact) mass is 402 g/mol. The molecular formula is C26H18N4O. The molecule has 0 N–H and O–H groups in total. The van der Waals surface area contributed by atoms with Crippen LogP contribution in [0.1, 0.15) is 29.7 Å². The first-order valence-electron chi connectivity index (χ1n) is 9.80. The summed E-state index contributed by atoms with van der Waals surface area (Å²) in [6.45, 7) is 1.93.